The van der Waals surface area contributed by atoms with Gasteiger partial charge in [0, 0.05) is 22.6 Å². The van der Waals surface area contributed by atoms with Gasteiger partial charge >= 0.3 is 0 Å². The summed E-state index contributed by atoms with van der Waals surface area (Å²) in [5, 5.41) is 11.5. The van der Waals surface area contributed by atoms with Gasteiger partial charge in [-0.25, -0.2) is 8.78 Å². The summed E-state index contributed by atoms with van der Waals surface area (Å²) in [6.07, 6.45) is 2.98. The molecule has 1 amide bonds. The van der Waals surface area contributed by atoms with Gasteiger partial charge in [-0.1, -0.05) is 19.8 Å². The van der Waals surface area contributed by atoms with Gasteiger partial charge in [0.25, 0.3) is 5.91 Å². The SMILES string of the molecule is CC[S@@](=O)[C@@H]1CCCC[C@@H]1NC(=O)c1cc(F)c(F)c(O)c1F. The predicted octanol–water partition coefficient (Wildman–Crippen LogP) is 2.62. The van der Waals surface area contributed by atoms with Gasteiger partial charge in [0.05, 0.1) is 10.8 Å². The molecule has 1 aliphatic carbocycles. The van der Waals surface area contributed by atoms with Crippen LogP contribution in [0.15, 0.2) is 6.07 Å². The number of hydrogen-bond donors (Lipinski definition) is 2. The van der Waals surface area contributed by atoms with Gasteiger partial charge in [0.1, 0.15) is 0 Å². The van der Waals surface area contributed by atoms with Crippen LogP contribution in [0.4, 0.5) is 13.2 Å². The summed E-state index contributed by atoms with van der Waals surface area (Å²) in [6, 6.07) is -0.0133. The summed E-state index contributed by atoms with van der Waals surface area (Å²) in [7, 11) is -1.13. The van der Waals surface area contributed by atoms with Crippen LogP contribution < -0.4 is 5.32 Å². The van der Waals surface area contributed by atoms with Crippen LogP contribution in [-0.2, 0) is 10.8 Å². The number of benzene rings is 1. The molecule has 0 heterocycles. The van der Waals surface area contributed by atoms with E-state index in [0.717, 1.165) is 12.8 Å². The molecule has 23 heavy (non-hydrogen) atoms. The number of hydrogen-bond acceptors (Lipinski definition) is 3. The van der Waals surface area contributed by atoms with E-state index in [1.165, 1.54) is 0 Å². The van der Waals surface area contributed by atoms with Crippen molar-refractivity contribution < 1.29 is 27.3 Å². The lowest BCUT2D eigenvalue weighted by molar-refractivity contribution is 0.0923. The molecule has 1 aromatic rings. The molecule has 2 N–H and O–H groups in total. The van der Waals surface area contributed by atoms with Gasteiger partial charge in [-0.05, 0) is 18.9 Å². The summed E-state index contributed by atoms with van der Waals surface area (Å²) in [4.78, 5) is 12.2. The van der Waals surface area contributed by atoms with Crippen LogP contribution in [0.25, 0.3) is 0 Å². The van der Waals surface area contributed by atoms with Gasteiger partial charge in [0.2, 0.25) is 5.82 Å². The van der Waals surface area contributed by atoms with Crippen molar-refractivity contribution in [2.75, 3.05) is 5.75 Å². The Morgan fingerprint density at radius 1 is 1.30 bits per heavy atom. The number of amides is 1. The van der Waals surface area contributed by atoms with Gasteiger partial charge < -0.3 is 10.4 Å². The summed E-state index contributed by atoms with van der Waals surface area (Å²) < 4.78 is 52.2. The minimum absolute atomic E-state index is 0.250. The van der Waals surface area contributed by atoms with Gasteiger partial charge in [-0.2, -0.15) is 4.39 Å². The Kier molecular flexibility index (Phi) is 5.67. The Labute approximate surface area is 134 Å². The molecule has 2 rings (SSSR count). The summed E-state index contributed by atoms with van der Waals surface area (Å²) in [6.45, 7) is 1.77. The summed E-state index contributed by atoms with van der Waals surface area (Å²) >= 11 is 0. The first-order valence-corrected chi connectivity index (χ1v) is 8.79. The molecule has 3 atom stereocenters. The maximum Gasteiger partial charge on any atom is 0.254 e. The number of nitrogens with one attached hydrogen (secondary N) is 1. The average Bonchev–Trinajstić information content (AvgIpc) is 2.55. The van der Waals surface area contributed by atoms with E-state index in [9.17, 15) is 27.3 Å². The van der Waals surface area contributed by atoms with Crippen LogP contribution in [-0.4, -0.2) is 32.3 Å². The van der Waals surface area contributed by atoms with E-state index in [1.807, 2.05) is 0 Å². The monoisotopic (exact) mass is 349 g/mol. The first kappa shape index (κ1) is 17.8. The first-order valence-electron chi connectivity index (χ1n) is 7.41. The molecule has 1 aromatic carbocycles. The Morgan fingerprint density at radius 2 is 1.96 bits per heavy atom. The highest BCUT2D eigenvalue weighted by atomic mass is 32.2. The zero-order chi connectivity index (χ0) is 17.1. The van der Waals surface area contributed by atoms with Crippen molar-refractivity contribution in [2.24, 2.45) is 0 Å². The van der Waals surface area contributed by atoms with Crippen LogP contribution in [0.1, 0.15) is 43.0 Å². The lowest BCUT2D eigenvalue weighted by atomic mass is 9.94. The molecule has 1 saturated carbocycles. The van der Waals surface area contributed by atoms with E-state index in [2.05, 4.69) is 5.32 Å². The zero-order valence-corrected chi connectivity index (χ0v) is 13.4. The van der Waals surface area contributed by atoms with E-state index in [0.29, 0.717) is 24.7 Å². The van der Waals surface area contributed by atoms with E-state index in [1.54, 1.807) is 6.92 Å². The first-order chi connectivity index (χ1) is 10.9. The molecule has 128 valence electrons. The van der Waals surface area contributed by atoms with Crippen molar-refractivity contribution in [1.29, 1.82) is 0 Å². The van der Waals surface area contributed by atoms with Gasteiger partial charge in [-0.3, -0.25) is 9.00 Å². The van der Waals surface area contributed by atoms with Crippen molar-refractivity contribution in [3.63, 3.8) is 0 Å². The average molecular weight is 349 g/mol. The third kappa shape index (κ3) is 3.68. The van der Waals surface area contributed by atoms with Crippen LogP contribution >= 0.6 is 0 Å². The molecule has 0 radical (unpaired) electrons. The summed E-state index contributed by atoms with van der Waals surface area (Å²) in [5.74, 6) is -6.79. The second-order valence-electron chi connectivity index (χ2n) is 5.45. The third-order valence-electron chi connectivity index (χ3n) is 4.02. The normalized spacial score (nSPS) is 22.6. The van der Waals surface area contributed by atoms with E-state index in [-0.39, 0.29) is 5.25 Å². The standard InChI is InChI=1S/C15H18F3NO3S/c1-2-23(22)11-6-4-3-5-10(11)19-15(21)8-7-9(16)13(18)14(20)12(8)17/h7,10-11,20H,2-6H2,1H3,(H,19,21)/t10-,11+,23+/m0/s1. The number of carbonyl (C=O) groups is 1. The van der Waals surface area contributed by atoms with Crippen molar-refractivity contribution in [2.45, 2.75) is 43.9 Å². The largest absolute Gasteiger partial charge is 0.503 e. The predicted molar refractivity (Wildman–Crippen MR) is 80.2 cm³/mol. The van der Waals surface area contributed by atoms with E-state index >= 15 is 0 Å². The lowest BCUT2D eigenvalue weighted by Crippen LogP contribution is -2.47. The van der Waals surface area contributed by atoms with Crippen LogP contribution in [0.5, 0.6) is 5.75 Å². The Bertz CT molecular complexity index is 639. The Hall–Kier alpha value is -1.57. The topological polar surface area (TPSA) is 66.4 Å². The molecule has 0 aromatic heterocycles. The molecule has 0 saturated heterocycles. The second kappa shape index (κ2) is 7.33. The fraction of sp³-hybridized carbons (Fsp3) is 0.533. The van der Waals surface area contributed by atoms with Crippen LogP contribution in [0, 0.1) is 17.5 Å². The minimum atomic E-state index is -1.73. The van der Waals surface area contributed by atoms with Crippen LogP contribution in [0.2, 0.25) is 0 Å². The molecule has 8 heteroatoms. The number of carbonyl (C=O) groups excluding carboxylic acids is 1. The molecule has 1 aliphatic rings. The zero-order valence-electron chi connectivity index (χ0n) is 12.6. The second-order valence-corrected chi connectivity index (χ2v) is 7.40. The lowest BCUT2D eigenvalue weighted by Gasteiger charge is -2.31. The van der Waals surface area contributed by atoms with Gasteiger partial charge in [-0.15, -0.1) is 0 Å². The Morgan fingerprint density at radius 3 is 2.61 bits per heavy atom. The van der Waals surface area contributed by atoms with E-state index in [4.69, 9.17) is 0 Å². The van der Waals surface area contributed by atoms with Crippen molar-refractivity contribution >= 4 is 16.7 Å². The van der Waals surface area contributed by atoms with Crippen molar-refractivity contribution in [3.8, 4) is 5.75 Å². The molecule has 0 spiro atoms. The maximum atomic E-state index is 13.8. The van der Waals surface area contributed by atoms with Gasteiger partial charge in [0.15, 0.2) is 17.4 Å². The van der Waals surface area contributed by atoms with Crippen molar-refractivity contribution in [3.05, 3.63) is 29.1 Å². The van der Waals surface area contributed by atoms with E-state index < -0.39 is 51.5 Å². The highest BCUT2D eigenvalue weighted by Gasteiger charge is 2.32. The maximum absolute atomic E-state index is 13.8. The Balaban J connectivity index is 2.23. The molecular formula is C15H18F3NO3S. The highest BCUT2D eigenvalue weighted by molar-refractivity contribution is 7.85. The highest BCUT2D eigenvalue weighted by Crippen LogP contribution is 2.27. The quantitative estimate of drug-likeness (QED) is 0.821. The molecule has 0 bridgehead atoms. The fourth-order valence-electron chi connectivity index (χ4n) is 2.79. The third-order valence-corrected chi connectivity index (χ3v) is 5.83. The molecule has 0 aliphatic heterocycles. The molecule has 0 unspecified atom stereocenters. The smallest absolute Gasteiger partial charge is 0.254 e. The number of aromatic hydroxyl groups is 1. The van der Waals surface area contributed by atoms with Crippen molar-refractivity contribution in [1.82, 2.24) is 5.32 Å². The minimum Gasteiger partial charge on any atom is -0.503 e. The molecule has 1 fully saturated rings. The number of rotatable bonds is 4. The molecular weight excluding hydrogens is 331 g/mol. The fourth-order valence-corrected chi connectivity index (χ4v) is 4.22. The summed E-state index contributed by atoms with van der Waals surface area (Å²) in [5.41, 5.74) is -0.770. The number of halogens is 3. The molecule has 4 nitrogen and oxygen atoms in total. The number of phenolic OH excluding ortho intramolecular Hbond substituents is 1. The van der Waals surface area contributed by atoms with Crippen LogP contribution in [0.3, 0.4) is 0 Å². The number of phenols is 1.